The van der Waals surface area contributed by atoms with Gasteiger partial charge in [-0.05, 0) is 19.4 Å². The second kappa shape index (κ2) is 5.21. The number of aliphatic carboxylic acids is 1. The van der Waals surface area contributed by atoms with Crippen molar-refractivity contribution in [3.05, 3.63) is 29.3 Å². The minimum Gasteiger partial charge on any atom is -0.496 e. The molecule has 0 amide bonds. The molecule has 1 heterocycles. The van der Waals surface area contributed by atoms with Gasteiger partial charge in [-0.15, -0.1) is 0 Å². The van der Waals surface area contributed by atoms with Crippen LogP contribution < -0.4 is 4.74 Å². The summed E-state index contributed by atoms with van der Waals surface area (Å²) in [6.45, 7) is 5.28. The number of hydrogen-bond acceptors (Lipinski definition) is 3. The summed E-state index contributed by atoms with van der Waals surface area (Å²) in [5.41, 5.74) is 1.75. The van der Waals surface area contributed by atoms with Gasteiger partial charge in [-0.2, -0.15) is 0 Å². The predicted octanol–water partition coefficient (Wildman–Crippen LogP) is 2.60. The Morgan fingerprint density at radius 1 is 1.53 bits per heavy atom. The summed E-state index contributed by atoms with van der Waals surface area (Å²) in [6, 6.07) is 5.66. The van der Waals surface area contributed by atoms with Crippen LogP contribution in [-0.4, -0.2) is 31.4 Å². The van der Waals surface area contributed by atoms with Crippen molar-refractivity contribution in [2.45, 2.75) is 26.2 Å². The fourth-order valence-electron chi connectivity index (χ4n) is 2.52. The normalized spacial score (nSPS) is 18.5. The average molecular weight is 264 g/mol. The van der Waals surface area contributed by atoms with Crippen molar-refractivity contribution in [2.75, 3.05) is 20.3 Å². The van der Waals surface area contributed by atoms with Gasteiger partial charge in [0.2, 0.25) is 0 Å². The summed E-state index contributed by atoms with van der Waals surface area (Å²) in [4.78, 5) is 11.6. The number of benzene rings is 1. The summed E-state index contributed by atoms with van der Waals surface area (Å²) in [6.07, 6.45) is 0.572. The molecule has 1 aliphatic heterocycles. The highest BCUT2D eigenvalue weighted by Gasteiger charge is 2.39. The van der Waals surface area contributed by atoms with Crippen LogP contribution in [0.25, 0.3) is 0 Å². The summed E-state index contributed by atoms with van der Waals surface area (Å²) in [7, 11) is 1.57. The number of aryl methyl sites for hydroxylation is 1. The first-order valence-electron chi connectivity index (χ1n) is 6.40. The van der Waals surface area contributed by atoms with E-state index in [1.165, 1.54) is 0 Å². The molecule has 0 bridgehead atoms. The van der Waals surface area contributed by atoms with Crippen molar-refractivity contribution in [2.24, 2.45) is 5.41 Å². The topological polar surface area (TPSA) is 55.8 Å². The summed E-state index contributed by atoms with van der Waals surface area (Å²) < 4.78 is 10.5. The van der Waals surface area contributed by atoms with Gasteiger partial charge in [0.05, 0.1) is 26.2 Å². The highest BCUT2D eigenvalue weighted by molar-refractivity contribution is 5.77. The van der Waals surface area contributed by atoms with Gasteiger partial charge in [0, 0.05) is 11.0 Å². The number of hydrogen-bond donors (Lipinski definition) is 1. The maximum absolute atomic E-state index is 11.6. The van der Waals surface area contributed by atoms with Crippen LogP contribution in [0.3, 0.4) is 0 Å². The molecule has 1 saturated heterocycles. The minimum atomic E-state index is -0.808. The zero-order valence-corrected chi connectivity index (χ0v) is 11.6. The van der Waals surface area contributed by atoms with Crippen LogP contribution in [0.5, 0.6) is 5.75 Å². The fraction of sp³-hybridized carbons (Fsp3) is 0.533. The van der Waals surface area contributed by atoms with Crippen molar-refractivity contribution in [3.8, 4) is 5.75 Å². The van der Waals surface area contributed by atoms with Crippen molar-refractivity contribution >= 4 is 5.97 Å². The van der Waals surface area contributed by atoms with Crippen LogP contribution in [0.2, 0.25) is 0 Å². The maximum Gasteiger partial charge on any atom is 0.311 e. The SMILES string of the molecule is COc1ccc(C)cc1C(CC1(C)COC1)C(=O)O. The second-order valence-electron chi connectivity index (χ2n) is 5.64. The van der Waals surface area contributed by atoms with Crippen LogP contribution in [0.15, 0.2) is 18.2 Å². The number of carbonyl (C=O) groups is 1. The first kappa shape index (κ1) is 13.9. The van der Waals surface area contributed by atoms with Crippen molar-refractivity contribution in [1.82, 2.24) is 0 Å². The molecule has 1 aromatic carbocycles. The van der Waals surface area contributed by atoms with E-state index >= 15 is 0 Å². The highest BCUT2D eigenvalue weighted by Crippen LogP contribution is 2.40. The predicted molar refractivity (Wildman–Crippen MR) is 71.7 cm³/mol. The molecule has 1 unspecified atom stereocenters. The quantitative estimate of drug-likeness (QED) is 0.888. The van der Waals surface area contributed by atoms with Gasteiger partial charge in [-0.25, -0.2) is 0 Å². The Bertz CT molecular complexity index is 477. The Balaban J connectivity index is 2.33. The van der Waals surface area contributed by atoms with Gasteiger partial charge in [0.15, 0.2) is 0 Å². The molecule has 0 radical (unpaired) electrons. The van der Waals surface area contributed by atoms with E-state index in [0.717, 1.165) is 11.1 Å². The molecular formula is C15H20O4. The fourth-order valence-corrected chi connectivity index (χ4v) is 2.52. The van der Waals surface area contributed by atoms with Gasteiger partial charge < -0.3 is 14.6 Å². The molecule has 4 nitrogen and oxygen atoms in total. The minimum absolute atomic E-state index is 0.0438. The Hall–Kier alpha value is -1.55. The summed E-state index contributed by atoms with van der Waals surface area (Å²) in [5, 5.41) is 9.52. The summed E-state index contributed by atoms with van der Waals surface area (Å²) >= 11 is 0. The third kappa shape index (κ3) is 2.89. The van der Waals surface area contributed by atoms with E-state index < -0.39 is 11.9 Å². The standard InChI is InChI=1S/C15H20O4/c1-10-4-5-13(18-3)11(6-10)12(14(16)17)7-15(2)8-19-9-15/h4-6,12H,7-9H2,1-3H3,(H,16,17). The van der Waals surface area contributed by atoms with Crippen molar-refractivity contribution in [1.29, 1.82) is 0 Å². The highest BCUT2D eigenvalue weighted by atomic mass is 16.5. The Morgan fingerprint density at radius 3 is 2.68 bits per heavy atom. The lowest BCUT2D eigenvalue weighted by Gasteiger charge is -2.40. The molecule has 2 rings (SSSR count). The van der Waals surface area contributed by atoms with E-state index in [9.17, 15) is 9.90 Å². The summed E-state index contributed by atoms with van der Waals surface area (Å²) in [5.74, 6) is -0.720. The van der Waals surface area contributed by atoms with E-state index in [2.05, 4.69) is 6.92 Å². The lowest BCUT2D eigenvalue weighted by atomic mass is 9.76. The van der Waals surface area contributed by atoms with E-state index in [1.54, 1.807) is 7.11 Å². The molecule has 1 aliphatic rings. The van der Waals surface area contributed by atoms with E-state index in [4.69, 9.17) is 9.47 Å². The Kier molecular flexibility index (Phi) is 3.80. The van der Waals surface area contributed by atoms with Crippen LogP contribution in [0.4, 0.5) is 0 Å². The largest absolute Gasteiger partial charge is 0.496 e. The maximum atomic E-state index is 11.6. The zero-order chi connectivity index (χ0) is 14.0. The van der Waals surface area contributed by atoms with Crippen LogP contribution in [-0.2, 0) is 9.53 Å². The van der Waals surface area contributed by atoms with Crippen molar-refractivity contribution < 1.29 is 19.4 Å². The monoisotopic (exact) mass is 264 g/mol. The molecule has 0 saturated carbocycles. The third-order valence-corrected chi connectivity index (χ3v) is 3.66. The molecule has 0 spiro atoms. The molecule has 104 valence electrons. The van der Waals surface area contributed by atoms with Crippen LogP contribution in [0.1, 0.15) is 30.4 Å². The van der Waals surface area contributed by atoms with Crippen molar-refractivity contribution in [3.63, 3.8) is 0 Å². The molecule has 1 N–H and O–H groups in total. The van der Waals surface area contributed by atoms with Gasteiger partial charge in [0.1, 0.15) is 5.75 Å². The van der Waals surface area contributed by atoms with Crippen LogP contribution >= 0.6 is 0 Å². The number of methoxy groups -OCH3 is 1. The zero-order valence-electron chi connectivity index (χ0n) is 11.6. The molecule has 1 atom stereocenters. The molecule has 4 heteroatoms. The molecule has 0 aromatic heterocycles. The van der Waals surface area contributed by atoms with Gasteiger partial charge in [-0.3, -0.25) is 4.79 Å². The lowest BCUT2D eigenvalue weighted by molar-refractivity contribution is -0.145. The number of rotatable bonds is 5. The first-order valence-corrected chi connectivity index (χ1v) is 6.40. The molecule has 19 heavy (non-hydrogen) atoms. The number of carboxylic acid groups (broad SMARTS) is 1. The second-order valence-corrected chi connectivity index (χ2v) is 5.64. The smallest absolute Gasteiger partial charge is 0.311 e. The van der Waals surface area contributed by atoms with E-state index in [0.29, 0.717) is 25.4 Å². The first-order chi connectivity index (χ1) is 8.95. The molecule has 0 aliphatic carbocycles. The van der Waals surface area contributed by atoms with Gasteiger partial charge >= 0.3 is 5.97 Å². The van der Waals surface area contributed by atoms with Gasteiger partial charge in [0.25, 0.3) is 0 Å². The number of ether oxygens (including phenoxy) is 2. The van der Waals surface area contributed by atoms with Crippen LogP contribution in [0, 0.1) is 12.3 Å². The number of carboxylic acids is 1. The third-order valence-electron chi connectivity index (χ3n) is 3.66. The lowest BCUT2D eigenvalue weighted by Crippen LogP contribution is -2.41. The Morgan fingerprint density at radius 2 is 2.21 bits per heavy atom. The van der Waals surface area contributed by atoms with E-state index in [1.807, 2.05) is 25.1 Å². The molecular weight excluding hydrogens is 244 g/mol. The Labute approximate surface area is 113 Å². The average Bonchev–Trinajstić information content (AvgIpc) is 2.33. The molecule has 1 aromatic rings. The van der Waals surface area contributed by atoms with E-state index in [-0.39, 0.29) is 5.41 Å². The van der Waals surface area contributed by atoms with Gasteiger partial charge in [-0.1, -0.05) is 24.6 Å². The molecule has 1 fully saturated rings.